The van der Waals surface area contributed by atoms with Crippen molar-refractivity contribution in [2.24, 2.45) is 22.9 Å². The molecule has 2 aliphatic carbocycles. The molecule has 3 N–H and O–H groups in total. The monoisotopic (exact) mass is 914 g/mol. The fraction of sp³-hybridized carbons (Fsp3) is 0.418. The molecule has 0 spiro atoms. The maximum atomic E-state index is 14.5. The number of aliphatic hydroxyl groups is 3. The number of fused-ring (bicyclic) bond motifs is 2. The lowest BCUT2D eigenvalue weighted by molar-refractivity contribution is -0.256. The lowest BCUT2D eigenvalue weighted by Crippen LogP contribution is -2.70. The topological polar surface area (TPSA) is 149 Å². The van der Waals surface area contributed by atoms with E-state index in [2.05, 4.69) is 49.6 Å². The van der Waals surface area contributed by atoms with E-state index in [1.807, 2.05) is 72.8 Å². The zero-order valence-electron chi connectivity index (χ0n) is 38.5. The molecule has 6 unspecified atom stereocenters. The number of carbonyl (C=O) groups is 1. The van der Waals surface area contributed by atoms with E-state index in [-0.39, 0.29) is 83.6 Å². The molecule has 1 saturated carbocycles. The van der Waals surface area contributed by atoms with Crippen LogP contribution >= 0.6 is 0 Å². The molecule has 0 aromatic heterocycles. The molecule has 7 rings (SSSR count). The van der Waals surface area contributed by atoms with Crippen molar-refractivity contribution in [3.63, 3.8) is 0 Å². The highest BCUT2D eigenvalue weighted by atomic mass is 16.7. The van der Waals surface area contributed by atoms with Crippen molar-refractivity contribution in [3.05, 3.63) is 151 Å². The fourth-order valence-electron chi connectivity index (χ4n) is 9.97. The summed E-state index contributed by atoms with van der Waals surface area (Å²) in [6.07, 6.45) is 10.2. The van der Waals surface area contributed by atoms with Crippen LogP contribution in [-0.4, -0.2) is 96.6 Å². The predicted molar refractivity (Wildman–Crippen MR) is 259 cm³/mol. The Bertz CT molecular complexity index is 2250. The number of aliphatic hydroxyl groups excluding tert-OH is 3. The molecule has 4 aromatic carbocycles. The van der Waals surface area contributed by atoms with Crippen molar-refractivity contribution in [1.29, 1.82) is 0 Å². The summed E-state index contributed by atoms with van der Waals surface area (Å²) in [5.41, 5.74) is 5.66. The van der Waals surface area contributed by atoms with Crippen LogP contribution in [-0.2, 0) is 25.7 Å². The minimum Gasteiger partial charge on any atom is -0.459 e. The Hall–Kier alpha value is -5.76. The van der Waals surface area contributed by atoms with Gasteiger partial charge in [0.25, 0.3) is 0 Å². The van der Waals surface area contributed by atoms with E-state index in [1.165, 1.54) is 0 Å². The molecule has 1 aliphatic heterocycles. The average molecular weight is 915 g/mol. The van der Waals surface area contributed by atoms with Gasteiger partial charge in [-0.3, -0.25) is 4.90 Å². The molecule has 0 radical (unpaired) electrons. The SMILES string of the molecule is C=CCCOC(=O)N(CCOCCO)C1CC(=NOCc2ccccc2)C2=CC(CCCCO)C(CCCCO)C3c4cc(Oc5ccc(-c6ccccc6)cc5)ccc4OC1(OCC=C)C23. The Kier molecular flexibility index (Phi) is 18.2. The molecule has 1 heterocycles. The third kappa shape index (κ3) is 12.0. The predicted octanol–water partition coefficient (Wildman–Crippen LogP) is 10.0. The second kappa shape index (κ2) is 24.8. The van der Waals surface area contributed by atoms with Gasteiger partial charge in [-0.25, -0.2) is 4.79 Å². The highest BCUT2D eigenvalue weighted by molar-refractivity contribution is 6.03. The second-order valence-corrected chi connectivity index (χ2v) is 17.2. The van der Waals surface area contributed by atoms with Gasteiger partial charge in [-0.15, -0.1) is 13.2 Å². The van der Waals surface area contributed by atoms with E-state index in [0.29, 0.717) is 42.2 Å². The van der Waals surface area contributed by atoms with Crippen LogP contribution < -0.4 is 9.47 Å². The third-order valence-corrected chi connectivity index (χ3v) is 13.0. The van der Waals surface area contributed by atoms with Crippen molar-refractivity contribution >= 4 is 11.8 Å². The number of hydrogen-bond acceptors (Lipinski definition) is 11. The van der Waals surface area contributed by atoms with Gasteiger partial charge >= 0.3 is 6.09 Å². The van der Waals surface area contributed by atoms with E-state index in [0.717, 1.165) is 53.5 Å². The summed E-state index contributed by atoms with van der Waals surface area (Å²) in [7, 11) is 0. The van der Waals surface area contributed by atoms with Gasteiger partial charge in [0.1, 0.15) is 29.9 Å². The van der Waals surface area contributed by atoms with E-state index < -0.39 is 23.8 Å². The van der Waals surface area contributed by atoms with E-state index in [1.54, 1.807) is 17.1 Å². The highest BCUT2D eigenvalue weighted by Gasteiger charge is 2.65. The Balaban J connectivity index is 1.39. The van der Waals surface area contributed by atoms with Crippen LogP contribution in [0, 0.1) is 17.8 Å². The fourth-order valence-corrected chi connectivity index (χ4v) is 9.97. The van der Waals surface area contributed by atoms with Crippen molar-refractivity contribution in [2.75, 3.05) is 52.8 Å². The summed E-state index contributed by atoms with van der Waals surface area (Å²) < 4.78 is 32.8. The van der Waals surface area contributed by atoms with Gasteiger partial charge in [-0.2, -0.15) is 0 Å². The van der Waals surface area contributed by atoms with E-state index >= 15 is 0 Å². The number of amides is 1. The van der Waals surface area contributed by atoms with Crippen LogP contribution in [0.4, 0.5) is 4.79 Å². The third-order valence-electron chi connectivity index (χ3n) is 13.0. The summed E-state index contributed by atoms with van der Waals surface area (Å²) in [5.74, 6) is -0.315. The van der Waals surface area contributed by atoms with Crippen molar-refractivity contribution in [2.45, 2.75) is 75.7 Å². The number of nitrogens with zero attached hydrogens (tertiary/aromatic N) is 2. The molecular weight excluding hydrogens is 849 g/mol. The maximum absolute atomic E-state index is 14.5. The Labute approximate surface area is 395 Å². The summed E-state index contributed by atoms with van der Waals surface area (Å²) in [5, 5.41) is 34.5. The van der Waals surface area contributed by atoms with Crippen LogP contribution in [0.5, 0.6) is 17.2 Å². The van der Waals surface area contributed by atoms with Gasteiger partial charge in [-0.05, 0) is 96.5 Å². The van der Waals surface area contributed by atoms with E-state index in [4.69, 9.17) is 33.7 Å². The standard InChI is InChI=1S/C55H66N2O10/c1-3-5-33-63-54(61)57(28-34-62-35-31-60)51-38-49(56-65-39-40-16-8-6-9-17-40)47-36-43(20-12-14-29-58)46(21-13-15-30-59)52-48-37-45(26-27-50(48)67-55(51,53(47)52)64-32-4-2)66-44-24-22-42(23-25-44)41-18-10-7-11-19-41/h3-4,6-11,16-19,22-27,36-37,43,46,51-53,58-60H,1-2,5,12-15,20-21,28-35,38-39H2. The van der Waals surface area contributed by atoms with Crippen LogP contribution in [0.2, 0.25) is 0 Å². The first-order valence-electron chi connectivity index (χ1n) is 23.7. The van der Waals surface area contributed by atoms with Gasteiger partial charge in [0.2, 0.25) is 5.79 Å². The Morgan fingerprint density at radius 3 is 2.24 bits per heavy atom. The molecule has 6 atom stereocenters. The first-order valence-corrected chi connectivity index (χ1v) is 23.7. The van der Waals surface area contributed by atoms with Crippen LogP contribution in [0.25, 0.3) is 11.1 Å². The molecule has 1 fully saturated rings. The minimum atomic E-state index is -1.49. The molecule has 4 aromatic rings. The zero-order chi connectivity index (χ0) is 46.9. The molecule has 67 heavy (non-hydrogen) atoms. The summed E-state index contributed by atoms with van der Waals surface area (Å²) >= 11 is 0. The van der Waals surface area contributed by atoms with Crippen LogP contribution in [0.15, 0.2) is 145 Å². The number of carbonyl (C=O) groups excluding carboxylic acids is 1. The van der Waals surface area contributed by atoms with Gasteiger partial charge in [0.05, 0.1) is 44.7 Å². The minimum absolute atomic E-state index is 0.0138. The summed E-state index contributed by atoms with van der Waals surface area (Å²) in [6.45, 7) is 8.60. The van der Waals surface area contributed by atoms with Gasteiger partial charge < -0.3 is 43.8 Å². The molecular formula is C55H66N2O10. The molecule has 356 valence electrons. The number of allylic oxidation sites excluding steroid dienone is 1. The first kappa shape index (κ1) is 49.2. The smallest absolute Gasteiger partial charge is 0.410 e. The molecule has 12 heteroatoms. The first-order chi connectivity index (χ1) is 32.9. The van der Waals surface area contributed by atoms with Crippen molar-refractivity contribution < 1.29 is 48.6 Å². The van der Waals surface area contributed by atoms with Crippen LogP contribution in [0.1, 0.15) is 68.4 Å². The van der Waals surface area contributed by atoms with Gasteiger partial charge in [-0.1, -0.05) is 109 Å². The summed E-state index contributed by atoms with van der Waals surface area (Å²) in [4.78, 5) is 22.4. The zero-order valence-corrected chi connectivity index (χ0v) is 38.5. The lowest BCUT2D eigenvalue weighted by atomic mass is 9.55. The quantitative estimate of drug-likeness (QED) is 0.0316. The number of ether oxygens (including phenoxy) is 5. The summed E-state index contributed by atoms with van der Waals surface area (Å²) in [6, 6.07) is 33.2. The maximum Gasteiger partial charge on any atom is 0.410 e. The molecule has 0 saturated heterocycles. The molecule has 1 amide bonds. The van der Waals surface area contributed by atoms with Gasteiger partial charge in [0.15, 0.2) is 0 Å². The normalized spacial score (nSPS) is 22.1. The van der Waals surface area contributed by atoms with Crippen molar-refractivity contribution in [1.82, 2.24) is 4.90 Å². The van der Waals surface area contributed by atoms with Crippen molar-refractivity contribution in [3.8, 4) is 28.4 Å². The number of hydrogen-bond donors (Lipinski definition) is 3. The lowest BCUT2D eigenvalue weighted by Gasteiger charge is -2.59. The number of oxime groups is 1. The highest BCUT2D eigenvalue weighted by Crippen LogP contribution is 2.62. The number of unbranched alkanes of at least 4 members (excludes halogenated alkanes) is 2. The molecule has 0 bridgehead atoms. The Morgan fingerprint density at radius 2 is 1.52 bits per heavy atom. The number of rotatable bonds is 26. The molecule has 3 aliphatic rings. The molecule has 12 nitrogen and oxygen atoms in total. The largest absolute Gasteiger partial charge is 0.459 e. The van der Waals surface area contributed by atoms with E-state index in [9.17, 15) is 20.1 Å². The van der Waals surface area contributed by atoms with Crippen LogP contribution in [0.3, 0.4) is 0 Å². The number of benzene rings is 4. The second-order valence-electron chi connectivity index (χ2n) is 17.2. The average Bonchev–Trinajstić information content (AvgIpc) is 3.35. The van der Waals surface area contributed by atoms with Gasteiger partial charge in [0, 0.05) is 37.7 Å². The Morgan fingerprint density at radius 1 is 0.806 bits per heavy atom.